The highest BCUT2D eigenvalue weighted by Gasteiger charge is 2.20. The number of allylic oxidation sites excluding steroid dienone is 7. The summed E-state index contributed by atoms with van der Waals surface area (Å²) in [6.07, 6.45) is 54.0. The predicted octanol–water partition coefficient (Wildman–Crippen LogP) is 12.9. The molecule has 0 aromatic carbocycles. The Labute approximate surface area is 323 Å². The minimum atomic E-state index is -0.962. The largest absolute Gasteiger partial charge is 0.394 e. The molecule has 0 aliphatic heterocycles. The fourth-order valence-electron chi connectivity index (χ4n) is 6.60. The maximum absolute atomic E-state index is 12.4. The number of hydrogen-bond acceptors (Lipinski definition) is 4. The standard InChI is InChI=1S/C47H87NO4/c1-3-5-7-9-11-13-15-17-18-19-20-21-22-23-24-25-26-27-29-31-33-35-37-39-41-46(51)45(43-49)48-47(52)42-44(50)40-38-36-34-32-30-28-16-14-12-10-8-6-4-2/h14,16,25-26,31,33,39,41,44-46,49-51H,3-13,15,17-24,27-30,32,34-38,40,42-43H2,1-2H3,(H,48,52)/b16-14-,26-25+,33-31+,41-39+. The van der Waals surface area contributed by atoms with E-state index in [1.54, 1.807) is 6.08 Å². The Bertz CT molecular complexity index is 850. The van der Waals surface area contributed by atoms with Crippen LogP contribution in [0.4, 0.5) is 0 Å². The molecule has 0 aromatic heterocycles. The molecule has 0 spiro atoms. The van der Waals surface area contributed by atoms with Gasteiger partial charge in [-0.25, -0.2) is 0 Å². The van der Waals surface area contributed by atoms with Crippen LogP contribution in [0.25, 0.3) is 0 Å². The molecule has 0 aliphatic rings. The Morgan fingerprint density at radius 3 is 1.25 bits per heavy atom. The van der Waals surface area contributed by atoms with Crippen LogP contribution in [0.2, 0.25) is 0 Å². The lowest BCUT2D eigenvalue weighted by molar-refractivity contribution is -0.124. The fourth-order valence-corrected chi connectivity index (χ4v) is 6.60. The average molecular weight is 730 g/mol. The third kappa shape index (κ3) is 38.0. The van der Waals surface area contributed by atoms with Crippen molar-refractivity contribution in [1.29, 1.82) is 0 Å². The quantitative estimate of drug-likeness (QED) is 0.0373. The Balaban J connectivity index is 3.73. The summed E-state index contributed by atoms with van der Waals surface area (Å²) >= 11 is 0. The van der Waals surface area contributed by atoms with Gasteiger partial charge in [-0.1, -0.05) is 191 Å². The van der Waals surface area contributed by atoms with Gasteiger partial charge in [0.2, 0.25) is 5.91 Å². The maximum atomic E-state index is 12.4. The third-order valence-corrected chi connectivity index (χ3v) is 10.1. The highest BCUT2D eigenvalue weighted by atomic mass is 16.3. The Morgan fingerprint density at radius 2 is 0.827 bits per heavy atom. The van der Waals surface area contributed by atoms with Gasteiger partial charge in [0.05, 0.1) is 31.3 Å². The molecule has 0 rings (SSSR count). The van der Waals surface area contributed by atoms with Crippen molar-refractivity contribution in [3.05, 3.63) is 48.6 Å². The van der Waals surface area contributed by atoms with Crippen LogP contribution in [0.15, 0.2) is 48.6 Å². The van der Waals surface area contributed by atoms with Crippen molar-refractivity contribution in [2.45, 2.75) is 238 Å². The van der Waals surface area contributed by atoms with Crippen LogP contribution in [0.3, 0.4) is 0 Å². The summed E-state index contributed by atoms with van der Waals surface area (Å²) < 4.78 is 0. The van der Waals surface area contributed by atoms with E-state index in [0.717, 1.165) is 51.4 Å². The molecule has 4 N–H and O–H groups in total. The number of rotatable bonds is 40. The van der Waals surface area contributed by atoms with Gasteiger partial charge in [0.1, 0.15) is 0 Å². The Hall–Kier alpha value is -1.69. The first-order valence-electron chi connectivity index (χ1n) is 22.4. The maximum Gasteiger partial charge on any atom is 0.222 e. The molecule has 0 saturated carbocycles. The molecule has 5 nitrogen and oxygen atoms in total. The van der Waals surface area contributed by atoms with Crippen LogP contribution >= 0.6 is 0 Å². The number of carbonyl (C=O) groups excluding carboxylic acids is 1. The van der Waals surface area contributed by atoms with Gasteiger partial charge in [0.15, 0.2) is 0 Å². The molecule has 0 aromatic rings. The van der Waals surface area contributed by atoms with Gasteiger partial charge in [-0.3, -0.25) is 4.79 Å². The Kier molecular flexibility index (Phi) is 40.7. The number of hydrogen-bond donors (Lipinski definition) is 4. The molecule has 1 amide bonds. The van der Waals surface area contributed by atoms with Crippen LogP contribution in [-0.4, -0.2) is 46.1 Å². The number of carbonyl (C=O) groups is 1. The van der Waals surface area contributed by atoms with E-state index in [1.807, 2.05) is 6.08 Å². The van der Waals surface area contributed by atoms with Crippen molar-refractivity contribution < 1.29 is 20.1 Å². The van der Waals surface area contributed by atoms with E-state index in [4.69, 9.17) is 0 Å². The monoisotopic (exact) mass is 730 g/mol. The van der Waals surface area contributed by atoms with Crippen LogP contribution in [0.1, 0.15) is 219 Å². The van der Waals surface area contributed by atoms with Crippen LogP contribution < -0.4 is 5.32 Å². The molecule has 3 atom stereocenters. The molecule has 304 valence electrons. The lowest BCUT2D eigenvalue weighted by Crippen LogP contribution is -2.45. The zero-order chi connectivity index (χ0) is 38.0. The van der Waals surface area contributed by atoms with Crippen molar-refractivity contribution in [3.63, 3.8) is 0 Å². The second kappa shape index (κ2) is 42.1. The summed E-state index contributed by atoms with van der Waals surface area (Å²) in [6.45, 7) is 4.18. The zero-order valence-corrected chi connectivity index (χ0v) is 34.4. The SMILES string of the molecule is CCCCCC/C=C\CCCCCCCC(O)CC(=O)NC(CO)C(O)/C=C/CC/C=C/CC/C=C/CCCCCCCCCCCCCCCC. The Morgan fingerprint density at radius 1 is 0.481 bits per heavy atom. The number of aliphatic hydroxyl groups excluding tert-OH is 3. The molecule has 0 aliphatic carbocycles. The summed E-state index contributed by atoms with van der Waals surface area (Å²) in [6, 6.07) is -0.770. The van der Waals surface area contributed by atoms with Crippen molar-refractivity contribution in [1.82, 2.24) is 5.32 Å². The van der Waals surface area contributed by atoms with E-state index in [9.17, 15) is 20.1 Å². The average Bonchev–Trinajstić information content (AvgIpc) is 3.14. The summed E-state index contributed by atoms with van der Waals surface area (Å²) in [5, 5.41) is 33.2. The summed E-state index contributed by atoms with van der Waals surface area (Å²) in [5.41, 5.74) is 0. The minimum absolute atomic E-state index is 0.00452. The smallest absolute Gasteiger partial charge is 0.222 e. The van der Waals surface area contributed by atoms with Gasteiger partial charge in [-0.05, 0) is 70.6 Å². The third-order valence-electron chi connectivity index (χ3n) is 10.1. The molecule has 3 unspecified atom stereocenters. The number of unbranched alkanes of at least 4 members (excludes halogenated alkanes) is 25. The first-order chi connectivity index (χ1) is 25.5. The van der Waals surface area contributed by atoms with Gasteiger partial charge < -0.3 is 20.6 Å². The molecular weight excluding hydrogens is 643 g/mol. The number of nitrogens with one attached hydrogen (secondary N) is 1. The molecular formula is C47H87NO4. The zero-order valence-electron chi connectivity index (χ0n) is 34.4. The van der Waals surface area contributed by atoms with Crippen LogP contribution in [0, 0.1) is 0 Å². The minimum Gasteiger partial charge on any atom is -0.394 e. The molecule has 5 heteroatoms. The van der Waals surface area contributed by atoms with E-state index in [1.165, 1.54) is 141 Å². The van der Waals surface area contributed by atoms with E-state index in [2.05, 4.69) is 55.6 Å². The van der Waals surface area contributed by atoms with Crippen molar-refractivity contribution >= 4 is 5.91 Å². The molecule has 0 fully saturated rings. The van der Waals surface area contributed by atoms with E-state index >= 15 is 0 Å². The summed E-state index contributed by atoms with van der Waals surface area (Å²) in [5.74, 6) is -0.336. The highest BCUT2D eigenvalue weighted by molar-refractivity contribution is 5.76. The van der Waals surface area contributed by atoms with Gasteiger partial charge in [0.25, 0.3) is 0 Å². The molecule has 0 bridgehead atoms. The molecule has 0 saturated heterocycles. The second-order valence-electron chi connectivity index (χ2n) is 15.3. The fraction of sp³-hybridized carbons (Fsp3) is 0.809. The lowest BCUT2D eigenvalue weighted by atomic mass is 10.0. The van der Waals surface area contributed by atoms with Gasteiger partial charge in [0, 0.05) is 0 Å². The van der Waals surface area contributed by atoms with Crippen LogP contribution in [0.5, 0.6) is 0 Å². The van der Waals surface area contributed by atoms with E-state index < -0.39 is 18.2 Å². The van der Waals surface area contributed by atoms with Gasteiger partial charge in [-0.15, -0.1) is 0 Å². The number of aliphatic hydroxyl groups is 3. The first kappa shape index (κ1) is 50.3. The number of amides is 1. The molecule has 0 heterocycles. The summed E-state index contributed by atoms with van der Waals surface area (Å²) in [7, 11) is 0. The molecule has 52 heavy (non-hydrogen) atoms. The molecule has 0 radical (unpaired) electrons. The predicted molar refractivity (Wildman–Crippen MR) is 227 cm³/mol. The second-order valence-corrected chi connectivity index (χ2v) is 15.3. The van der Waals surface area contributed by atoms with Crippen molar-refractivity contribution in [3.8, 4) is 0 Å². The van der Waals surface area contributed by atoms with E-state index in [-0.39, 0.29) is 18.9 Å². The topological polar surface area (TPSA) is 89.8 Å². The van der Waals surface area contributed by atoms with Crippen molar-refractivity contribution in [2.75, 3.05) is 6.61 Å². The summed E-state index contributed by atoms with van der Waals surface area (Å²) in [4.78, 5) is 12.4. The van der Waals surface area contributed by atoms with Crippen LogP contribution in [-0.2, 0) is 4.79 Å². The van der Waals surface area contributed by atoms with E-state index in [0.29, 0.717) is 6.42 Å². The van der Waals surface area contributed by atoms with Crippen molar-refractivity contribution in [2.24, 2.45) is 0 Å². The van der Waals surface area contributed by atoms with Gasteiger partial charge >= 0.3 is 0 Å². The van der Waals surface area contributed by atoms with Gasteiger partial charge in [-0.2, -0.15) is 0 Å². The highest BCUT2D eigenvalue weighted by Crippen LogP contribution is 2.14. The lowest BCUT2D eigenvalue weighted by Gasteiger charge is -2.20. The normalized spacial score (nSPS) is 14.0. The first-order valence-corrected chi connectivity index (χ1v) is 22.4.